The van der Waals surface area contributed by atoms with Crippen LogP contribution in [-0.4, -0.2) is 26.2 Å². The van der Waals surface area contributed by atoms with Gasteiger partial charge in [-0.25, -0.2) is 4.98 Å². The van der Waals surface area contributed by atoms with Crippen molar-refractivity contribution in [1.29, 1.82) is 0 Å². The van der Waals surface area contributed by atoms with E-state index in [0.29, 0.717) is 6.42 Å². The van der Waals surface area contributed by atoms with Crippen LogP contribution in [0.1, 0.15) is 5.82 Å². The normalized spacial score (nSPS) is 9.95. The van der Waals surface area contributed by atoms with Crippen LogP contribution < -0.4 is 0 Å². The lowest BCUT2D eigenvalue weighted by atomic mass is 10.2. The topological polar surface area (TPSA) is 50.9 Å². The van der Waals surface area contributed by atoms with E-state index in [2.05, 4.69) is 28.7 Å². The number of rotatable bonds is 4. The quantitative estimate of drug-likeness (QED) is 0.748. The Bertz CT molecular complexity index is 626. The second-order valence-electron chi connectivity index (χ2n) is 4.45. The fraction of sp³-hybridized carbons (Fsp3) is 0.176. The van der Waals surface area contributed by atoms with Crippen molar-refractivity contribution >= 4 is 10.9 Å². The van der Waals surface area contributed by atoms with Crippen molar-refractivity contribution in [2.75, 3.05) is 6.61 Å². The van der Waals surface area contributed by atoms with Gasteiger partial charge in [-0.1, -0.05) is 30.3 Å². The van der Waals surface area contributed by atoms with E-state index >= 15 is 0 Å². The van der Waals surface area contributed by atoms with E-state index in [1.54, 1.807) is 6.20 Å². The van der Waals surface area contributed by atoms with Gasteiger partial charge in [0.05, 0.1) is 12.1 Å². The number of nitrogens with zero attached hydrogens (tertiary/aromatic N) is 3. The van der Waals surface area contributed by atoms with Gasteiger partial charge in [-0.05, 0) is 12.1 Å². The zero-order valence-corrected chi connectivity index (χ0v) is 11.9. The highest BCUT2D eigenvalue weighted by Crippen LogP contribution is 2.07. The highest BCUT2D eigenvalue weighted by atomic mass is 16.3. The third kappa shape index (κ3) is 4.26. The van der Waals surface area contributed by atoms with Crippen LogP contribution in [0.15, 0.2) is 67.6 Å². The number of fused-ring (bicyclic) bond motifs is 1. The van der Waals surface area contributed by atoms with E-state index in [1.807, 2.05) is 47.3 Å². The molecular formula is C17H19N3O. The lowest BCUT2D eigenvalue weighted by Crippen LogP contribution is -2.03. The Hall–Kier alpha value is -2.46. The maximum atomic E-state index is 8.65. The summed E-state index contributed by atoms with van der Waals surface area (Å²) < 4.78 is 1.96. The summed E-state index contributed by atoms with van der Waals surface area (Å²) in [6.45, 7) is 4.53. The van der Waals surface area contributed by atoms with Crippen LogP contribution >= 0.6 is 0 Å². The van der Waals surface area contributed by atoms with E-state index in [9.17, 15) is 0 Å². The van der Waals surface area contributed by atoms with Crippen LogP contribution in [0.4, 0.5) is 0 Å². The molecule has 1 N–H and O–H groups in total. The number of aliphatic hydroxyl groups is 1. The first-order valence-corrected chi connectivity index (χ1v) is 6.86. The maximum absolute atomic E-state index is 8.65. The summed E-state index contributed by atoms with van der Waals surface area (Å²) in [6.07, 6.45) is 7.84. The Morgan fingerprint density at radius 3 is 2.67 bits per heavy atom. The number of para-hydroxylation sites is 1. The van der Waals surface area contributed by atoms with Gasteiger partial charge in [0, 0.05) is 36.9 Å². The van der Waals surface area contributed by atoms with Crippen molar-refractivity contribution in [3.05, 3.63) is 73.5 Å². The van der Waals surface area contributed by atoms with Crippen LogP contribution in [0.2, 0.25) is 0 Å². The number of benzene rings is 1. The van der Waals surface area contributed by atoms with E-state index in [4.69, 9.17) is 5.11 Å². The van der Waals surface area contributed by atoms with Crippen molar-refractivity contribution in [2.24, 2.45) is 0 Å². The Morgan fingerprint density at radius 2 is 1.90 bits per heavy atom. The molecule has 3 rings (SSSR count). The first kappa shape index (κ1) is 14.9. The average Bonchev–Trinajstić information content (AvgIpc) is 2.96. The fourth-order valence-electron chi connectivity index (χ4n) is 1.99. The molecule has 0 amide bonds. The van der Waals surface area contributed by atoms with Crippen LogP contribution in [-0.2, 0) is 13.0 Å². The number of pyridine rings is 1. The standard InChI is InChI=1S/C9H7N.C8H12N2O/c1-2-6-9-8(4-1)5-3-7-10-9;1-2-5-10-6-4-9-8(10)3-7-11/h1-7H;2,4,6,11H,1,3,5,7H2. The first-order chi connectivity index (χ1) is 10.3. The van der Waals surface area contributed by atoms with Gasteiger partial charge in [0.1, 0.15) is 5.82 Å². The van der Waals surface area contributed by atoms with Gasteiger partial charge < -0.3 is 9.67 Å². The molecule has 0 radical (unpaired) electrons. The molecule has 4 nitrogen and oxygen atoms in total. The van der Waals surface area contributed by atoms with Crippen molar-refractivity contribution < 1.29 is 5.11 Å². The lowest BCUT2D eigenvalue weighted by molar-refractivity contribution is 0.295. The molecule has 0 aliphatic rings. The Balaban J connectivity index is 0.000000154. The van der Waals surface area contributed by atoms with Gasteiger partial charge in [0.2, 0.25) is 0 Å². The van der Waals surface area contributed by atoms with E-state index in [0.717, 1.165) is 17.9 Å². The molecule has 0 aliphatic carbocycles. The summed E-state index contributed by atoms with van der Waals surface area (Å²) in [6, 6.07) is 12.1. The van der Waals surface area contributed by atoms with Crippen LogP contribution in [0, 0.1) is 0 Å². The van der Waals surface area contributed by atoms with Gasteiger partial charge >= 0.3 is 0 Å². The maximum Gasteiger partial charge on any atom is 0.111 e. The summed E-state index contributed by atoms with van der Waals surface area (Å²) >= 11 is 0. The average molecular weight is 281 g/mol. The number of aromatic nitrogens is 3. The number of allylic oxidation sites excluding steroid dienone is 1. The summed E-state index contributed by atoms with van der Waals surface area (Å²) in [5, 5.41) is 9.85. The van der Waals surface area contributed by atoms with Gasteiger partial charge in [-0.15, -0.1) is 6.58 Å². The third-order valence-electron chi connectivity index (χ3n) is 2.98. The SMILES string of the molecule is C=CCn1ccnc1CCO.c1ccc2ncccc2c1. The molecule has 4 heteroatoms. The van der Waals surface area contributed by atoms with E-state index in [-0.39, 0.29) is 6.61 Å². The fourth-order valence-corrected chi connectivity index (χ4v) is 1.99. The molecule has 0 atom stereocenters. The monoisotopic (exact) mass is 281 g/mol. The third-order valence-corrected chi connectivity index (χ3v) is 2.98. The summed E-state index contributed by atoms with van der Waals surface area (Å²) in [5.41, 5.74) is 1.06. The Labute approximate surface area is 124 Å². The van der Waals surface area contributed by atoms with Gasteiger partial charge in [0.25, 0.3) is 0 Å². The molecule has 0 unspecified atom stereocenters. The molecule has 3 aromatic rings. The largest absolute Gasteiger partial charge is 0.396 e. The minimum Gasteiger partial charge on any atom is -0.396 e. The van der Waals surface area contributed by atoms with Crippen molar-refractivity contribution in [3.63, 3.8) is 0 Å². The molecule has 0 aliphatic heterocycles. The molecule has 0 saturated heterocycles. The molecule has 21 heavy (non-hydrogen) atoms. The summed E-state index contributed by atoms with van der Waals surface area (Å²) in [7, 11) is 0. The molecule has 0 fully saturated rings. The van der Waals surface area contributed by atoms with Gasteiger partial charge in [0.15, 0.2) is 0 Å². The van der Waals surface area contributed by atoms with Crippen LogP contribution in [0.5, 0.6) is 0 Å². The minimum absolute atomic E-state index is 0.147. The number of hydrogen-bond acceptors (Lipinski definition) is 3. The van der Waals surface area contributed by atoms with Crippen LogP contribution in [0.25, 0.3) is 10.9 Å². The van der Waals surface area contributed by atoms with E-state index in [1.165, 1.54) is 5.39 Å². The van der Waals surface area contributed by atoms with Gasteiger partial charge in [-0.3, -0.25) is 4.98 Å². The first-order valence-electron chi connectivity index (χ1n) is 6.86. The second kappa shape index (κ2) is 7.97. The van der Waals surface area contributed by atoms with E-state index < -0.39 is 0 Å². The molecule has 1 aromatic carbocycles. The summed E-state index contributed by atoms with van der Waals surface area (Å²) in [5.74, 6) is 0.910. The Kier molecular flexibility index (Phi) is 5.67. The molecule has 2 aromatic heterocycles. The zero-order chi connectivity index (χ0) is 14.9. The molecule has 0 bridgehead atoms. The highest BCUT2D eigenvalue weighted by molar-refractivity contribution is 5.77. The Morgan fingerprint density at radius 1 is 1.10 bits per heavy atom. The highest BCUT2D eigenvalue weighted by Gasteiger charge is 1.98. The lowest BCUT2D eigenvalue weighted by Gasteiger charge is -2.01. The van der Waals surface area contributed by atoms with Crippen molar-refractivity contribution in [3.8, 4) is 0 Å². The minimum atomic E-state index is 0.147. The predicted octanol–water partition coefficient (Wildman–Crippen LogP) is 2.84. The van der Waals surface area contributed by atoms with Gasteiger partial charge in [-0.2, -0.15) is 0 Å². The van der Waals surface area contributed by atoms with Crippen LogP contribution in [0.3, 0.4) is 0 Å². The molecule has 2 heterocycles. The molecule has 0 saturated carbocycles. The number of imidazole rings is 1. The number of hydrogen-bond donors (Lipinski definition) is 1. The molecule has 0 spiro atoms. The predicted molar refractivity (Wildman–Crippen MR) is 85.0 cm³/mol. The summed E-state index contributed by atoms with van der Waals surface area (Å²) in [4.78, 5) is 8.26. The second-order valence-corrected chi connectivity index (χ2v) is 4.45. The number of aliphatic hydroxyl groups excluding tert-OH is 1. The molecular weight excluding hydrogens is 262 g/mol. The zero-order valence-electron chi connectivity index (χ0n) is 11.9. The van der Waals surface area contributed by atoms with Crippen molar-refractivity contribution in [1.82, 2.24) is 14.5 Å². The smallest absolute Gasteiger partial charge is 0.111 e. The molecule has 108 valence electrons. The van der Waals surface area contributed by atoms with Crippen molar-refractivity contribution in [2.45, 2.75) is 13.0 Å².